The largest absolute Gasteiger partial charge is 0.393 e. The van der Waals surface area contributed by atoms with E-state index in [-0.39, 0.29) is 24.2 Å². The molecule has 0 amide bonds. The van der Waals surface area contributed by atoms with Gasteiger partial charge in [-0.2, -0.15) is 0 Å². The van der Waals surface area contributed by atoms with E-state index in [1.54, 1.807) is 6.92 Å². The van der Waals surface area contributed by atoms with E-state index in [1.807, 2.05) is 12.1 Å². The van der Waals surface area contributed by atoms with Gasteiger partial charge in [-0.3, -0.25) is 4.57 Å². The lowest BCUT2D eigenvalue weighted by Crippen LogP contribution is -2.26. The van der Waals surface area contributed by atoms with Crippen molar-refractivity contribution in [3.05, 3.63) is 35.4 Å². The average Bonchev–Trinajstić information content (AvgIpc) is 3.29. The molecule has 31 heavy (non-hydrogen) atoms. The smallest absolute Gasteiger partial charge is 0.200 e. The Kier molecular flexibility index (Phi) is 9.16. The predicted molar refractivity (Wildman–Crippen MR) is 123 cm³/mol. The molecule has 1 aromatic rings. The summed E-state index contributed by atoms with van der Waals surface area (Å²) in [6, 6.07) is 8.34. The molecule has 1 aromatic carbocycles. The molecular weight excluding hydrogens is 414 g/mol. The van der Waals surface area contributed by atoms with E-state index in [9.17, 15) is 24.1 Å². The van der Waals surface area contributed by atoms with Crippen LogP contribution < -0.4 is 0 Å². The SMILES string of the molecule is CCP(=O)(O)CCCCCC[C@@H]1[C@@H](CCC(O)C2Cc3ccccc3C2)[C@@H](F)C[C@@H]1O. The molecule has 1 saturated carbocycles. The maximum atomic E-state index is 14.6. The average molecular weight is 455 g/mol. The molecule has 176 valence electrons. The third-order valence-corrected chi connectivity index (χ3v) is 9.69. The van der Waals surface area contributed by atoms with E-state index < -0.39 is 25.7 Å². The molecule has 0 aromatic heterocycles. The maximum Gasteiger partial charge on any atom is 0.200 e. The van der Waals surface area contributed by atoms with Gasteiger partial charge in [-0.1, -0.05) is 50.5 Å². The van der Waals surface area contributed by atoms with Gasteiger partial charge in [-0.15, -0.1) is 0 Å². The molecule has 6 atom stereocenters. The monoisotopic (exact) mass is 454 g/mol. The van der Waals surface area contributed by atoms with Crippen LogP contribution in [0.1, 0.15) is 69.4 Å². The fourth-order valence-electron chi connectivity index (χ4n) is 5.65. The molecular formula is C25H40FO4P. The number of alkyl halides is 1. The number of fused-ring (bicyclic) bond motifs is 1. The van der Waals surface area contributed by atoms with Gasteiger partial charge < -0.3 is 15.1 Å². The van der Waals surface area contributed by atoms with Crippen molar-refractivity contribution in [1.29, 1.82) is 0 Å². The van der Waals surface area contributed by atoms with Crippen molar-refractivity contribution >= 4 is 7.37 Å². The second-order valence-corrected chi connectivity index (χ2v) is 12.6. The van der Waals surface area contributed by atoms with Crippen LogP contribution in [0.4, 0.5) is 4.39 Å². The number of aliphatic hydroxyl groups excluding tert-OH is 2. The normalized spacial score (nSPS) is 29.1. The molecule has 3 rings (SSSR count). The first-order chi connectivity index (χ1) is 14.8. The summed E-state index contributed by atoms with van der Waals surface area (Å²) in [5.74, 6) is -0.000375. The third kappa shape index (κ3) is 6.87. The second-order valence-electron chi connectivity index (χ2n) is 9.82. The Morgan fingerprint density at radius 3 is 2.35 bits per heavy atom. The van der Waals surface area contributed by atoms with Gasteiger partial charge in [0.1, 0.15) is 6.17 Å². The second kappa shape index (κ2) is 11.4. The maximum absolute atomic E-state index is 14.6. The first-order valence-corrected chi connectivity index (χ1v) is 14.2. The molecule has 0 aliphatic heterocycles. The molecule has 0 bridgehead atoms. The molecule has 0 spiro atoms. The molecule has 3 N–H and O–H groups in total. The first kappa shape index (κ1) is 24.9. The van der Waals surface area contributed by atoms with Crippen LogP contribution >= 0.6 is 7.37 Å². The number of benzene rings is 1. The van der Waals surface area contributed by atoms with E-state index in [4.69, 9.17) is 0 Å². The predicted octanol–water partition coefficient (Wildman–Crippen LogP) is 5.12. The third-order valence-electron chi connectivity index (χ3n) is 7.69. The molecule has 1 fully saturated rings. The molecule has 0 radical (unpaired) electrons. The summed E-state index contributed by atoms with van der Waals surface area (Å²) in [4.78, 5) is 9.64. The standard InChI is InChI=1S/C25H40FO4P/c1-2-31(29,30)14-8-4-3-5-11-22-21(23(26)17-25(22)28)12-13-24(27)20-15-18-9-6-7-10-19(18)16-20/h6-7,9-10,20-25,27-28H,2-5,8,11-17H2,1H3,(H,29,30)/t21-,22-,23+,24?,25+/m1/s1. The number of hydrogen-bond acceptors (Lipinski definition) is 3. The van der Waals surface area contributed by atoms with E-state index in [2.05, 4.69) is 12.1 Å². The van der Waals surface area contributed by atoms with Crippen molar-refractivity contribution in [2.75, 3.05) is 12.3 Å². The fourth-order valence-corrected chi connectivity index (χ4v) is 6.68. The topological polar surface area (TPSA) is 77.8 Å². The van der Waals surface area contributed by atoms with Gasteiger partial charge in [0, 0.05) is 18.7 Å². The Labute approximate surface area is 186 Å². The van der Waals surface area contributed by atoms with Crippen LogP contribution in [0.5, 0.6) is 0 Å². The minimum Gasteiger partial charge on any atom is -0.393 e. The van der Waals surface area contributed by atoms with Crippen molar-refractivity contribution < 1.29 is 24.1 Å². The van der Waals surface area contributed by atoms with Gasteiger partial charge in [0.25, 0.3) is 0 Å². The van der Waals surface area contributed by atoms with Crippen molar-refractivity contribution in [2.45, 2.75) is 89.5 Å². The zero-order valence-electron chi connectivity index (χ0n) is 18.8. The van der Waals surface area contributed by atoms with Gasteiger partial charge in [-0.05, 0) is 67.4 Å². The van der Waals surface area contributed by atoms with Crippen molar-refractivity contribution in [3.8, 4) is 0 Å². The molecule has 2 unspecified atom stereocenters. The molecule has 0 saturated heterocycles. The van der Waals surface area contributed by atoms with Crippen LogP contribution in [0, 0.1) is 17.8 Å². The van der Waals surface area contributed by atoms with Crippen LogP contribution in [0.15, 0.2) is 24.3 Å². The molecule has 6 heteroatoms. The number of hydrogen-bond donors (Lipinski definition) is 3. The highest BCUT2D eigenvalue weighted by Crippen LogP contribution is 2.43. The minimum absolute atomic E-state index is 0.0393. The van der Waals surface area contributed by atoms with Gasteiger partial charge >= 0.3 is 0 Å². The zero-order valence-corrected chi connectivity index (χ0v) is 19.7. The Bertz CT molecular complexity index is 717. The highest BCUT2D eigenvalue weighted by Gasteiger charge is 2.42. The molecule has 2 aliphatic carbocycles. The summed E-state index contributed by atoms with van der Waals surface area (Å²) in [7, 11) is -2.93. The van der Waals surface area contributed by atoms with Crippen molar-refractivity contribution in [3.63, 3.8) is 0 Å². The minimum atomic E-state index is -2.93. The highest BCUT2D eigenvalue weighted by atomic mass is 31.2. The zero-order chi connectivity index (χ0) is 22.4. The Morgan fingerprint density at radius 2 is 1.71 bits per heavy atom. The Balaban J connectivity index is 1.40. The summed E-state index contributed by atoms with van der Waals surface area (Å²) in [5, 5.41) is 21.1. The molecule has 4 nitrogen and oxygen atoms in total. The van der Waals surface area contributed by atoms with Gasteiger partial charge in [0.2, 0.25) is 0 Å². The van der Waals surface area contributed by atoms with Crippen molar-refractivity contribution in [2.24, 2.45) is 17.8 Å². The molecule has 2 aliphatic rings. The summed E-state index contributed by atoms with van der Waals surface area (Å²) >= 11 is 0. The summed E-state index contributed by atoms with van der Waals surface area (Å²) in [6.07, 6.45) is 6.23. The summed E-state index contributed by atoms with van der Waals surface area (Å²) in [6.45, 7) is 1.75. The fraction of sp³-hybridized carbons (Fsp3) is 0.760. The number of rotatable bonds is 12. The first-order valence-electron chi connectivity index (χ1n) is 12.2. The lowest BCUT2D eigenvalue weighted by atomic mass is 9.83. The summed E-state index contributed by atoms with van der Waals surface area (Å²) in [5.41, 5.74) is 2.64. The summed E-state index contributed by atoms with van der Waals surface area (Å²) < 4.78 is 26.3. The van der Waals surface area contributed by atoms with Gasteiger partial charge in [0.05, 0.1) is 12.2 Å². The van der Waals surface area contributed by atoms with E-state index >= 15 is 0 Å². The van der Waals surface area contributed by atoms with E-state index in [0.717, 1.165) is 44.9 Å². The molecule has 0 heterocycles. The quantitative estimate of drug-likeness (QED) is 0.303. The number of aliphatic hydroxyl groups is 2. The van der Waals surface area contributed by atoms with E-state index in [1.165, 1.54) is 11.1 Å². The van der Waals surface area contributed by atoms with Crippen molar-refractivity contribution in [1.82, 2.24) is 0 Å². The van der Waals surface area contributed by atoms with Crippen LogP contribution in [0.2, 0.25) is 0 Å². The van der Waals surface area contributed by atoms with Crippen LogP contribution in [0.25, 0.3) is 0 Å². The van der Waals surface area contributed by atoms with Crippen LogP contribution in [-0.2, 0) is 17.4 Å². The Morgan fingerprint density at radius 1 is 1.06 bits per heavy atom. The lowest BCUT2D eigenvalue weighted by molar-refractivity contribution is 0.0751. The highest BCUT2D eigenvalue weighted by molar-refractivity contribution is 7.57. The Hall–Kier alpha value is -0.740. The van der Waals surface area contributed by atoms with E-state index in [0.29, 0.717) is 25.2 Å². The lowest BCUT2D eigenvalue weighted by Gasteiger charge is -2.25. The van der Waals surface area contributed by atoms with Gasteiger partial charge in [-0.25, -0.2) is 4.39 Å². The van der Waals surface area contributed by atoms with Gasteiger partial charge in [0.15, 0.2) is 7.37 Å². The number of unbranched alkanes of at least 4 members (excludes halogenated alkanes) is 3. The number of halogens is 1. The van der Waals surface area contributed by atoms with Crippen LogP contribution in [0.3, 0.4) is 0 Å². The van der Waals surface area contributed by atoms with Crippen LogP contribution in [-0.4, -0.2) is 45.8 Å².